The molecule has 0 spiro atoms. The molecule has 146 valence electrons. The summed E-state index contributed by atoms with van der Waals surface area (Å²) in [7, 11) is -3.82. The van der Waals surface area contributed by atoms with Crippen LogP contribution in [0.15, 0.2) is 52.7 Å². The van der Waals surface area contributed by atoms with Gasteiger partial charge in [-0.1, -0.05) is 18.2 Å². The van der Waals surface area contributed by atoms with Crippen LogP contribution in [0.4, 0.5) is 24.0 Å². The Hall–Kier alpha value is -2.92. The van der Waals surface area contributed by atoms with Gasteiger partial charge in [-0.3, -0.25) is 9.52 Å². The molecule has 0 unspecified atom stereocenters. The van der Waals surface area contributed by atoms with Gasteiger partial charge in [0.25, 0.3) is 10.0 Å². The first-order valence-corrected chi connectivity index (χ1v) is 10.1. The van der Waals surface area contributed by atoms with Crippen molar-refractivity contribution in [2.24, 2.45) is 0 Å². The Balaban J connectivity index is 1.66. The summed E-state index contributed by atoms with van der Waals surface area (Å²) < 4.78 is 66.5. The van der Waals surface area contributed by atoms with Crippen LogP contribution in [0.25, 0.3) is 0 Å². The minimum atomic E-state index is -3.82. The number of anilines is 2. The van der Waals surface area contributed by atoms with Gasteiger partial charge in [0.1, 0.15) is 0 Å². The van der Waals surface area contributed by atoms with Gasteiger partial charge in [0, 0.05) is 5.38 Å². The van der Waals surface area contributed by atoms with Crippen LogP contribution in [0.1, 0.15) is 5.69 Å². The summed E-state index contributed by atoms with van der Waals surface area (Å²) in [4.78, 5) is 16.0. The second-order valence-corrected chi connectivity index (χ2v) is 8.05. The Kier molecular flexibility index (Phi) is 5.66. The zero-order chi connectivity index (χ0) is 20.3. The summed E-state index contributed by atoms with van der Waals surface area (Å²) in [6, 6.07) is 9.24. The normalized spacial score (nSPS) is 11.2. The fourth-order valence-electron chi connectivity index (χ4n) is 2.19. The Bertz CT molecular complexity index is 1120. The number of carbonyl (C=O) groups is 1. The lowest BCUT2D eigenvalue weighted by atomic mass is 10.2. The maximum Gasteiger partial charge on any atom is 0.263 e. The molecule has 0 bridgehead atoms. The van der Waals surface area contributed by atoms with Crippen molar-refractivity contribution < 1.29 is 26.4 Å². The number of aromatic nitrogens is 1. The van der Waals surface area contributed by atoms with Crippen molar-refractivity contribution in [1.29, 1.82) is 0 Å². The van der Waals surface area contributed by atoms with Gasteiger partial charge in [-0.25, -0.2) is 26.6 Å². The second kappa shape index (κ2) is 7.98. The summed E-state index contributed by atoms with van der Waals surface area (Å²) in [5.41, 5.74) is -0.291. The summed E-state index contributed by atoms with van der Waals surface area (Å²) in [6.45, 7) is 0. The van der Waals surface area contributed by atoms with Crippen LogP contribution in [0, 0.1) is 17.5 Å². The number of hydrogen-bond acceptors (Lipinski definition) is 5. The molecule has 6 nitrogen and oxygen atoms in total. The van der Waals surface area contributed by atoms with E-state index in [9.17, 15) is 26.4 Å². The summed E-state index contributed by atoms with van der Waals surface area (Å²) in [5.74, 6) is -5.30. The Morgan fingerprint density at radius 1 is 1.04 bits per heavy atom. The molecule has 3 rings (SSSR count). The van der Waals surface area contributed by atoms with Gasteiger partial charge in [0.05, 0.1) is 22.7 Å². The van der Waals surface area contributed by atoms with Crippen molar-refractivity contribution in [3.63, 3.8) is 0 Å². The quantitative estimate of drug-likeness (QED) is 0.589. The standard InChI is InChI=1S/C17H12F3N3O3S2/c18-12-6-7-13(16(20)15(12)19)22-14(24)8-10-9-27-17(21-10)23-28(25,26)11-4-2-1-3-5-11/h1-7,9H,8H2,(H,21,23)(H,22,24). The van der Waals surface area contributed by atoms with Crippen LogP contribution in [0.5, 0.6) is 0 Å². The third kappa shape index (κ3) is 4.49. The molecule has 1 heterocycles. The third-order valence-electron chi connectivity index (χ3n) is 3.48. The summed E-state index contributed by atoms with van der Waals surface area (Å²) in [6.07, 6.45) is -0.317. The number of nitrogens with zero attached hydrogens (tertiary/aromatic N) is 1. The van der Waals surface area contributed by atoms with Gasteiger partial charge in [-0.15, -0.1) is 11.3 Å². The molecule has 28 heavy (non-hydrogen) atoms. The Morgan fingerprint density at radius 2 is 1.75 bits per heavy atom. The number of carbonyl (C=O) groups excluding carboxylic acids is 1. The van der Waals surface area contributed by atoms with Crippen LogP contribution in [0.3, 0.4) is 0 Å². The van der Waals surface area contributed by atoms with Gasteiger partial charge >= 0.3 is 0 Å². The Morgan fingerprint density at radius 3 is 2.46 bits per heavy atom. The molecule has 2 N–H and O–H groups in total. The van der Waals surface area contributed by atoms with E-state index >= 15 is 0 Å². The largest absolute Gasteiger partial charge is 0.323 e. The highest BCUT2D eigenvalue weighted by Crippen LogP contribution is 2.22. The smallest absolute Gasteiger partial charge is 0.263 e. The maximum absolute atomic E-state index is 13.6. The van der Waals surface area contributed by atoms with E-state index < -0.39 is 39.1 Å². The molecule has 0 atom stereocenters. The van der Waals surface area contributed by atoms with E-state index in [1.54, 1.807) is 18.2 Å². The summed E-state index contributed by atoms with van der Waals surface area (Å²) in [5, 5.41) is 3.61. The molecule has 0 saturated heterocycles. The number of benzene rings is 2. The average Bonchev–Trinajstić information content (AvgIpc) is 3.09. The molecule has 0 aliphatic heterocycles. The number of rotatable bonds is 6. The first kappa shape index (κ1) is 19.8. The van der Waals surface area contributed by atoms with Crippen molar-refractivity contribution >= 4 is 38.1 Å². The molecule has 0 radical (unpaired) electrons. The van der Waals surface area contributed by atoms with E-state index in [-0.39, 0.29) is 22.1 Å². The molecular weight excluding hydrogens is 415 g/mol. The van der Waals surface area contributed by atoms with Crippen LogP contribution in [-0.4, -0.2) is 19.3 Å². The third-order valence-corrected chi connectivity index (χ3v) is 5.77. The monoisotopic (exact) mass is 427 g/mol. The van der Waals surface area contributed by atoms with Gasteiger partial charge < -0.3 is 5.32 Å². The zero-order valence-electron chi connectivity index (χ0n) is 13.9. The molecule has 0 fully saturated rings. The first-order chi connectivity index (χ1) is 13.3. The Labute approximate surface area is 162 Å². The fraction of sp³-hybridized carbons (Fsp3) is 0.0588. The molecule has 0 saturated carbocycles. The van der Waals surface area contributed by atoms with Crippen LogP contribution in [0.2, 0.25) is 0 Å². The van der Waals surface area contributed by atoms with Crippen molar-refractivity contribution in [3.8, 4) is 0 Å². The molecule has 11 heteroatoms. The highest BCUT2D eigenvalue weighted by atomic mass is 32.2. The predicted octanol–water partition coefficient (Wildman–Crippen LogP) is 3.54. The number of amides is 1. The van der Waals surface area contributed by atoms with E-state index in [2.05, 4.69) is 15.0 Å². The van der Waals surface area contributed by atoms with E-state index in [0.29, 0.717) is 6.07 Å². The van der Waals surface area contributed by atoms with Gasteiger partial charge in [-0.2, -0.15) is 0 Å². The average molecular weight is 427 g/mol. The van der Waals surface area contributed by atoms with Crippen molar-refractivity contribution in [2.45, 2.75) is 11.3 Å². The van der Waals surface area contributed by atoms with Crippen LogP contribution in [-0.2, 0) is 21.2 Å². The first-order valence-electron chi connectivity index (χ1n) is 7.72. The maximum atomic E-state index is 13.6. The predicted molar refractivity (Wildman–Crippen MR) is 98.0 cm³/mol. The van der Waals surface area contributed by atoms with Crippen LogP contribution >= 0.6 is 11.3 Å². The molecule has 2 aromatic carbocycles. The number of sulfonamides is 1. The van der Waals surface area contributed by atoms with Crippen molar-refractivity contribution in [3.05, 3.63) is 71.0 Å². The lowest BCUT2D eigenvalue weighted by molar-refractivity contribution is -0.115. The van der Waals surface area contributed by atoms with Gasteiger partial charge in [0.2, 0.25) is 5.91 Å². The topological polar surface area (TPSA) is 88.2 Å². The van der Waals surface area contributed by atoms with E-state index in [1.807, 2.05) is 0 Å². The molecular formula is C17H12F3N3O3S2. The summed E-state index contributed by atoms with van der Waals surface area (Å²) >= 11 is 0.962. The van der Waals surface area contributed by atoms with E-state index in [0.717, 1.165) is 17.4 Å². The molecule has 0 aliphatic carbocycles. The SMILES string of the molecule is O=C(Cc1csc(NS(=O)(=O)c2ccccc2)n1)Nc1ccc(F)c(F)c1F. The van der Waals surface area contributed by atoms with Crippen molar-refractivity contribution in [1.82, 2.24) is 4.98 Å². The number of hydrogen-bond donors (Lipinski definition) is 2. The highest BCUT2D eigenvalue weighted by Gasteiger charge is 2.18. The number of nitrogens with one attached hydrogen (secondary N) is 2. The number of halogens is 3. The fourth-order valence-corrected chi connectivity index (χ4v) is 4.17. The molecule has 0 aliphatic rings. The van der Waals surface area contributed by atoms with Gasteiger partial charge in [-0.05, 0) is 24.3 Å². The molecule has 1 aromatic heterocycles. The lowest BCUT2D eigenvalue weighted by Crippen LogP contribution is -2.16. The second-order valence-electron chi connectivity index (χ2n) is 5.51. The minimum absolute atomic E-state index is 0.0469. The highest BCUT2D eigenvalue weighted by molar-refractivity contribution is 7.93. The minimum Gasteiger partial charge on any atom is -0.323 e. The van der Waals surface area contributed by atoms with E-state index in [4.69, 9.17) is 0 Å². The van der Waals surface area contributed by atoms with Gasteiger partial charge in [0.15, 0.2) is 22.6 Å². The molecule has 3 aromatic rings. The van der Waals surface area contributed by atoms with Crippen LogP contribution < -0.4 is 10.0 Å². The van der Waals surface area contributed by atoms with Crippen molar-refractivity contribution in [2.75, 3.05) is 10.0 Å². The van der Waals surface area contributed by atoms with E-state index in [1.165, 1.54) is 17.5 Å². The number of thiazole rings is 1. The zero-order valence-corrected chi connectivity index (χ0v) is 15.6. The lowest BCUT2D eigenvalue weighted by Gasteiger charge is -2.06. The molecule has 1 amide bonds.